The number of carbonyl (C=O) groups is 1. The van der Waals surface area contributed by atoms with Crippen LogP contribution in [0.1, 0.15) is 23.2 Å². The van der Waals surface area contributed by atoms with Crippen LogP contribution in [0, 0.1) is 5.82 Å². The van der Waals surface area contributed by atoms with Crippen LogP contribution < -0.4 is 24.9 Å². The number of furan rings is 1. The molecule has 5 aromatic rings. The predicted octanol–water partition coefficient (Wildman–Crippen LogP) is 3.96. The molecule has 10 nitrogen and oxygen atoms in total. The Morgan fingerprint density at radius 2 is 1.91 bits per heavy atom. The first-order valence-electron chi connectivity index (χ1n) is 14.2. The second-order valence-electron chi connectivity index (χ2n) is 10.7. The number of ether oxygens (including phenoxy) is 1. The largest absolute Gasteiger partial charge is 0.469 e. The molecule has 13 heteroatoms. The van der Waals surface area contributed by atoms with E-state index in [9.17, 15) is 22.0 Å². The first kappa shape index (κ1) is 28.7. The van der Waals surface area contributed by atoms with Crippen molar-refractivity contribution in [2.45, 2.75) is 19.6 Å². The Bertz CT molecular complexity index is 2240. The van der Waals surface area contributed by atoms with Crippen molar-refractivity contribution >= 4 is 44.7 Å². The van der Waals surface area contributed by atoms with E-state index in [2.05, 4.69) is 22.5 Å². The van der Waals surface area contributed by atoms with E-state index in [0.29, 0.717) is 22.4 Å². The lowest BCUT2D eigenvalue weighted by Crippen LogP contribution is -2.33. The lowest BCUT2D eigenvalue weighted by molar-refractivity contribution is 0.0964. The molecule has 0 radical (unpaired) electrons. The quantitative estimate of drug-likeness (QED) is 0.289. The molecular formula is C32H27F2N5O5S. The Labute approximate surface area is 256 Å². The summed E-state index contributed by atoms with van der Waals surface area (Å²) in [6, 6.07) is 10.5. The smallest absolute Gasteiger partial charge is 0.255 e. The van der Waals surface area contributed by atoms with E-state index in [4.69, 9.17) is 14.1 Å². The number of benzene rings is 2. The summed E-state index contributed by atoms with van der Waals surface area (Å²) in [6.45, 7) is -1.14. The molecule has 0 saturated heterocycles. The molecule has 2 aromatic carbocycles. The summed E-state index contributed by atoms with van der Waals surface area (Å²) in [5, 5.41) is 5.06. The molecule has 230 valence electrons. The van der Waals surface area contributed by atoms with Gasteiger partial charge in [-0.05, 0) is 54.5 Å². The molecule has 0 saturated carbocycles. The molecule has 0 unspecified atom stereocenters. The number of hydrogen-bond acceptors (Lipinski definition) is 7. The summed E-state index contributed by atoms with van der Waals surface area (Å²) in [5.41, 5.74) is 2.36. The minimum atomic E-state index is -3.99. The Kier molecular flexibility index (Phi) is 6.92. The lowest BCUT2D eigenvalue weighted by Gasteiger charge is -2.24. The van der Waals surface area contributed by atoms with Gasteiger partial charge < -0.3 is 19.0 Å². The summed E-state index contributed by atoms with van der Waals surface area (Å²) in [4.78, 5) is 22.6. The summed E-state index contributed by atoms with van der Waals surface area (Å²) in [5.74, 6) is -0.201. The number of alkyl halides is 1. The van der Waals surface area contributed by atoms with E-state index in [1.165, 1.54) is 43.6 Å². The molecule has 45 heavy (non-hydrogen) atoms. The molecule has 2 aliphatic rings. The van der Waals surface area contributed by atoms with Gasteiger partial charge in [0.1, 0.15) is 29.5 Å². The van der Waals surface area contributed by atoms with E-state index in [1.54, 1.807) is 6.07 Å². The van der Waals surface area contributed by atoms with Crippen LogP contribution in [0.15, 0.2) is 53.1 Å². The van der Waals surface area contributed by atoms with Gasteiger partial charge >= 0.3 is 0 Å². The Morgan fingerprint density at radius 1 is 1.13 bits per heavy atom. The van der Waals surface area contributed by atoms with E-state index in [-0.39, 0.29) is 40.7 Å². The number of hydrogen-bond donors (Lipinski definition) is 1. The number of amides is 1. The van der Waals surface area contributed by atoms with Crippen molar-refractivity contribution in [2.24, 2.45) is 0 Å². The van der Waals surface area contributed by atoms with Crippen LogP contribution in [0.4, 0.5) is 14.5 Å². The fourth-order valence-electron chi connectivity index (χ4n) is 5.91. The molecule has 0 fully saturated rings. The molecule has 0 atom stereocenters. The molecule has 0 bridgehead atoms. The Morgan fingerprint density at radius 3 is 2.64 bits per heavy atom. The van der Waals surface area contributed by atoms with Crippen LogP contribution in [0.2, 0.25) is 0 Å². The van der Waals surface area contributed by atoms with Crippen LogP contribution in [0.5, 0.6) is 5.75 Å². The van der Waals surface area contributed by atoms with Gasteiger partial charge in [0.2, 0.25) is 10.0 Å². The molecule has 0 spiro atoms. The second kappa shape index (κ2) is 10.8. The van der Waals surface area contributed by atoms with Crippen molar-refractivity contribution in [3.8, 4) is 39.8 Å². The van der Waals surface area contributed by atoms with E-state index in [1.807, 2.05) is 10.6 Å². The number of anilines is 1. The van der Waals surface area contributed by atoms with Gasteiger partial charge in [-0.25, -0.2) is 27.2 Å². The maximum Gasteiger partial charge on any atom is 0.255 e. The SMILES string of the molecule is CNC(=O)c1c(-c2ccc(F)cc2)oc2cc(N(CCF)S(C)(=O)=O)c(-c3ncc4c(n3)-c3cc5c(n3CO4)=CCCC=5)cc12. The minimum absolute atomic E-state index is 0.0681. The minimum Gasteiger partial charge on any atom is -0.469 e. The van der Waals surface area contributed by atoms with Gasteiger partial charge in [-0.2, -0.15) is 0 Å². The lowest BCUT2D eigenvalue weighted by atomic mass is 10.0. The highest BCUT2D eigenvalue weighted by Gasteiger charge is 2.29. The molecule has 1 N–H and O–H groups in total. The van der Waals surface area contributed by atoms with Crippen LogP contribution in [0.3, 0.4) is 0 Å². The monoisotopic (exact) mass is 631 g/mol. The average Bonchev–Trinajstić information content (AvgIpc) is 3.61. The zero-order valence-corrected chi connectivity index (χ0v) is 25.1. The van der Waals surface area contributed by atoms with E-state index >= 15 is 0 Å². The summed E-state index contributed by atoms with van der Waals surface area (Å²) in [7, 11) is -2.52. The van der Waals surface area contributed by atoms with Crippen molar-refractivity contribution in [2.75, 3.05) is 30.8 Å². The Balaban J connectivity index is 1.51. The third kappa shape index (κ3) is 4.83. The number of sulfonamides is 1. The zero-order chi connectivity index (χ0) is 31.5. The standard InChI is InChI=1S/C32H27F2N5O5S/c1-35-32(40)28-22-14-21(31-36-16-27-29(37-31)25-13-19-5-3-4-6-23(19)38(25)17-43-27)24(39(12-11-33)45(2,41)42)15-26(22)44-30(28)18-7-9-20(34)10-8-18/h5-10,13-16H,3-4,11-12,17H2,1-2H3,(H,35,40). The van der Waals surface area contributed by atoms with Crippen molar-refractivity contribution in [1.82, 2.24) is 19.9 Å². The van der Waals surface area contributed by atoms with Crippen LogP contribution >= 0.6 is 0 Å². The Hall–Kier alpha value is -5.04. The molecule has 7 rings (SSSR count). The van der Waals surface area contributed by atoms with Crippen LogP contribution in [-0.2, 0) is 16.8 Å². The topological polar surface area (TPSA) is 120 Å². The average molecular weight is 632 g/mol. The maximum atomic E-state index is 13.8. The zero-order valence-electron chi connectivity index (χ0n) is 24.3. The van der Waals surface area contributed by atoms with Crippen molar-refractivity contribution in [3.05, 3.63) is 70.6 Å². The van der Waals surface area contributed by atoms with Gasteiger partial charge in [-0.15, -0.1) is 0 Å². The molecule has 1 amide bonds. The van der Waals surface area contributed by atoms with Gasteiger partial charge in [-0.3, -0.25) is 9.10 Å². The fourth-order valence-corrected chi connectivity index (χ4v) is 6.82. The van der Waals surface area contributed by atoms with E-state index in [0.717, 1.165) is 39.7 Å². The number of aromatic nitrogens is 3. The van der Waals surface area contributed by atoms with Gasteiger partial charge in [0.05, 0.1) is 35.9 Å². The highest BCUT2D eigenvalue weighted by atomic mass is 32.2. The number of carbonyl (C=O) groups excluding carboxylic acids is 1. The molecule has 4 heterocycles. The third-order valence-corrected chi connectivity index (χ3v) is 9.13. The number of nitrogens with one attached hydrogen (secondary N) is 1. The van der Waals surface area contributed by atoms with Crippen molar-refractivity contribution in [1.29, 1.82) is 0 Å². The second-order valence-corrected chi connectivity index (χ2v) is 12.7. The van der Waals surface area contributed by atoms with Gasteiger partial charge in [0, 0.05) is 35.0 Å². The van der Waals surface area contributed by atoms with Crippen LogP contribution in [-0.4, -0.2) is 55.4 Å². The molecular weight excluding hydrogens is 604 g/mol. The number of fused-ring (bicyclic) bond motifs is 6. The summed E-state index contributed by atoms with van der Waals surface area (Å²) < 4.78 is 68.6. The predicted molar refractivity (Wildman–Crippen MR) is 166 cm³/mol. The molecule has 3 aromatic heterocycles. The number of halogens is 2. The normalized spacial score (nSPS) is 13.6. The number of rotatable bonds is 7. The van der Waals surface area contributed by atoms with Gasteiger partial charge in [0.25, 0.3) is 5.91 Å². The first-order valence-corrected chi connectivity index (χ1v) is 16.1. The van der Waals surface area contributed by atoms with Crippen molar-refractivity contribution < 1.29 is 31.1 Å². The van der Waals surface area contributed by atoms with Gasteiger partial charge in [0.15, 0.2) is 18.3 Å². The van der Waals surface area contributed by atoms with Crippen LogP contribution in [0.25, 0.3) is 57.2 Å². The molecule has 1 aliphatic heterocycles. The highest BCUT2D eigenvalue weighted by molar-refractivity contribution is 7.92. The maximum absolute atomic E-state index is 13.8. The molecule has 1 aliphatic carbocycles. The van der Waals surface area contributed by atoms with Gasteiger partial charge in [-0.1, -0.05) is 12.2 Å². The first-order chi connectivity index (χ1) is 21.7. The van der Waals surface area contributed by atoms with E-state index < -0.39 is 35.0 Å². The highest BCUT2D eigenvalue weighted by Crippen LogP contribution is 2.42. The summed E-state index contributed by atoms with van der Waals surface area (Å²) in [6.07, 6.45) is 8.65. The third-order valence-electron chi connectivity index (χ3n) is 7.95. The number of nitrogens with zero attached hydrogens (tertiary/aromatic N) is 4. The summed E-state index contributed by atoms with van der Waals surface area (Å²) >= 11 is 0. The fraction of sp³-hybridized carbons (Fsp3) is 0.219. The van der Waals surface area contributed by atoms with Crippen molar-refractivity contribution in [3.63, 3.8) is 0 Å².